The summed E-state index contributed by atoms with van der Waals surface area (Å²) in [6, 6.07) is 6.01. The molecular weight excluding hydrogens is 217 g/mol. The van der Waals surface area contributed by atoms with E-state index in [2.05, 4.69) is 10.2 Å². The normalized spacial score (nSPS) is 25.1. The van der Waals surface area contributed by atoms with Gasteiger partial charge in [0.2, 0.25) is 0 Å². The van der Waals surface area contributed by atoms with Crippen molar-refractivity contribution < 1.29 is 4.39 Å². The van der Waals surface area contributed by atoms with E-state index in [1.807, 2.05) is 0 Å². The Balaban J connectivity index is 1.63. The summed E-state index contributed by atoms with van der Waals surface area (Å²) in [5, 5.41) is 3.28. The van der Waals surface area contributed by atoms with E-state index in [4.69, 9.17) is 5.73 Å². The van der Waals surface area contributed by atoms with E-state index in [1.54, 1.807) is 12.1 Å². The van der Waals surface area contributed by atoms with Gasteiger partial charge in [-0.1, -0.05) is 0 Å². The predicted octanol–water partition coefficient (Wildman–Crippen LogP) is 2.06. The second-order valence-corrected chi connectivity index (χ2v) is 5.10. The van der Waals surface area contributed by atoms with Crippen LogP contribution in [-0.4, -0.2) is 30.1 Å². The first kappa shape index (κ1) is 10.8. The number of anilines is 2. The van der Waals surface area contributed by atoms with Crippen molar-refractivity contribution in [3.63, 3.8) is 0 Å². The van der Waals surface area contributed by atoms with Crippen molar-refractivity contribution >= 4 is 11.4 Å². The Bertz CT molecular complexity index is 417. The van der Waals surface area contributed by atoms with Crippen LogP contribution in [0.1, 0.15) is 19.3 Å². The van der Waals surface area contributed by atoms with Crippen molar-refractivity contribution in [3.05, 3.63) is 24.0 Å². The molecule has 0 aromatic heterocycles. The Morgan fingerprint density at radius 3 is 2.82 bits per heavy atom. The van der Waals surface area contributed by atoms with Crippen molar-refractivity contribution in [1.82, 2.24) is 4.90 Å². The van der Waals surface area contributed by atoms with Crippen LogP contribution in [0, 0.1) is 5.82 Å². The number of halogens is 1. The summed E-state index contributed by atoms with van der Waals surface area (Å²) in [7, 11) is 0. The molecule has 1 aromatic rings. The van der Waals surface area contributed by atoms with Crippen LogP contribution in [0.25, 0.3) is 0 Å². The zero-order valence-electron chi connectivity index (χ0n) is 9.82. The number of benzene rings is 1. The van der Waals surface area contributed by atoms with Gasteiger partial charge in [-0.3, -0.25) is 4.90 Å². The van der Waals surface area contributed by atoms with E-state index in [-0.39, 0.29) is 5.82 Å². The van der Waals surface area contributed by atoms with Gasteiger partial charge in [0.25, 0.3) is 0 Å². The molecule has 3 nitrogen and oxygen atoms in total. The van der Waals surface area contributed by atoms with Crippen LogP contribution in [0.3, 0.4) is 0 Å². The van der Waals surface area contributed by atoms with E-state index in [0.717, 1.165) is 25.6 Å². The molecule has 2 fully saturated rings. The lowest BCUT2D eigenvalue weighted by Gasteiger charge is -2.17. The molecule has 0 radical (unpaired) electrons. The smallest absolute Gasteiger partial charge is 0.148 e. The lowest BCUT2D eigenvalue weighted by Crippen LogP contribution is -2.28. The number of hydrogen-bond donors (Lipinski definition) is 2. The molecule has 1 saturated heterocycles. The summed E-state index contributed by atoms with van der Waals surface area (Å²) >= 11 is 0. The number of nitrogens with zero attached hydrogens (tertiary/aromatic N) is 1. The maximum Gasteiger partial charge on any atom is 0.148 e. The minimum Gasteiger partial charge on any atom is -0.399 e. The van der Waals surface area contributed by atoms with Crippen molar-refractivity contribution in [2.75, 3.05) is 24.1 Å². The van der Waals surface area contributed by atoms with Gasteiger partial charge in [0.15, 0.2) is 0 Å². The van der Waals surface area contributed by atoms with Gasteiger partial charge >= 0.3 is 0 Å². The van der Waals surface area contributed by atoms with E-state index in [0.29, 0.717) is 17.4 Å². The Labute approximate surface area is 101 Å². The van der Waals surface area contributed by atoms with Gasteiger partial charge in [-0.25, -0.2) is 4.39 Å². The van der Waals surface area contributed by atoms with Crippen LogP contribution in [-0.2, 0) is 0 Å². The molecule has 4 heteroatoms. The van der Waals surface area contributed by atoms with Crippen LogP contribution in [0.2, 0.25) is 0 Å². The molecule has 1 saturated carbocycles. The van der Waals surface area contributed by atoms with Crippen LogP contribution < -0.4 is 11.1 Å². The summed E-state index contributed by atoms with van der Waals surface area (Å²) in [4.78, 5) is 2.51. The molecule has 1 aliphatic heterocycles. The number of nitrogen functional groups attached to an aromatic ring is 1. The standard InChI is InChI=1S/C13H18FN3/c14-12-7-9(15)1-4-13(12)16-10-5-6-17(8-10)11-2-3-11/h1,4,7,10-11,16H,2-3,5-6,8,15H2. The number of nitrogens with two attached hydrogens (primary N) is 1. The van der Waals surface area contributed by atoms with Crippen LogP contribution in [0.15, 0.2) is 18.2 Å². The quantitative estimate of drug-likeness (QED) is 0.788. The third-order valence-electron chi connectivity index (χ3n) is 3.64. The van der Waals surface area contributed by atoms with E-state index >= 15 is 0 Å². The lowest BCUT2D eigenvalue weighted by molar-refractivity contribution is 0.326. The maximum absolute atomic E-state index is 13.6. The number of rotatable bonds is 3. The minimum absolute atomic E-state index is 0.255. The van der Waals surface area contributed by atoms with Crippen LogP contribution >= 0.6 is 0 Å². The molecule has 3 rings (SSSR count). The summed E-state index contributed by atoms with van der Waals surface area (Å²) in [5.74, 6) is -0.255. The monoisotopic (exact) mass is 235 g/mol. The maximum atomic E-state index is 13.6. The first-order valence-corrected chi connectivity index (χ1v) is 6.28. The molecule has 2 aliphatic rings. The number of likely N-dealkylation sites (tertiary alicyclic amines) is 1. The van der Waals surface area contributed by atoms with Gasteiger partial charge in [-0.15, -0.1) is 0 Å². The SMILES string of the molecule is Nc1ccc(NC2CCN(C3CC3)C2)c(F)c1. The van der Waals surface area contributed by atoms with Gasteiger partial charge in [0.1, 0.15) is 5.82 Å². The van der Waals surface area contributed by atoms with Crippen molar-refractivity contribution in [1.29, 1.82) is 0 Å². The fourth-order valence-corrected chi connectivity index (χ4v) is 2.54. The van der Waals surface area contributed by atoms with E-state index in [1.165, 1.54) is 18.9 Å². The summed E-state index contributed by atoms with van der Waals surface area (Å²) < 4.78 is 13.6. The van der Waals surface area contributed by atoms with Crippen molar-refractivity contribution in [2.24, 2.45) is 0 Å². The molecule has 1 heterocycles. The molecule has 1 atom stereocenters. The zero-order valence-corrected chi connectivity index (χ0v) is 9.82. The highest BCUT2D eigenvalue weighted by atomic mass is 19.1. The highest BCUT2D eigenvalue weighted by Crippen LogP contribution is 2.31. The Hall–Kier alpha value is -1.29. The molecule has 92 valence electrons. The highest BCUT2D eigenvalue weighted by molar-refractivity contribution is 5.53. The third-order valence-corrected chi connectivity index (χ3v) is 3.64. The van der Waals surface area contributed by atoms with Gasteiger partial charge in [-0.2, -0.15) is 0 Å². The molecule has 0 bridgehead atoms. The van der Waals surface area contributed by atoms with E-state index < -0.39 is 0 Å². The number of hydrogen-bond acceptors (Lipinski definition) is 3. The van der Waals surface area contributed by atoms with E-state index in [9.17, 15) is 4.39 Å². The van der Waals surface area contributed by atoms with Crippen molar-refractivity contribution in [3.8, 4) is 0 Å². The average Bonchev–Trinajstić information content (AvgIpc) is 3.04. The summed E-state index contributed by atoms with van der Waals surface area (Å²) in [5.41, 5.74) is 6.57. The van der Waals surface area contributed by atoms with Crippen molar-refractivity contribution in [2.45, 2.75) is 31.3 Å². The molecule has 1 unspecified atom stereocenters. The molecule has 3 N–H and O–H groups in total. The Kier molecular flexibility index (Phi) is 2.67. The molecule has 17 heavy (non-hydrogen) atoms. The summed E-state index contributed by atoms with van der Waals surface area (Å²) in [6.07, 6.45) is 3.77. The van der Waals surface area contributed by atoms with Gasteiger partial charge in [0, 0.05) is 30.9 Å². The van der Waals surface area contributed by atoms with Crippen LogP contribution in [0.4, 0.5) is 15.8 Å². The van der Waals surface area contributed by atoms with Gasteiger partial charge in [-0.05, 0) is 37.5 Å². The first-order valence-electron chi connectivity index (χ1n) is 6.28. The molecule has 0 spiro atoms. The van der Waals surface area contributed by atoms with Gasteiger partial charge < -0.3 is 11.1 Å². The fourth-order valence-electron chi connectivity index (χ4n) is 2.54. The largest absolute Gasteiger partial charge is 0.399 e. The predicted molar refractivity (Wildman–Crippen MR) is 67.4 cm³/mol. The highest BCUT2D eigenvalue weighted by Gasteiger charge is 2.34. The van der Waals surface area contributed by atoms with Gasteiger partial charge in [0.05, 0.1) is 5.69 Å². The minimum atomic E-state index is -0.255. The Morgan fingerprint density at radius 1 is 1.29 bits per heavy atom. The fraction of sp³-hybridized carbons (Fsp3) is 0.538. The second kappa shape index (κ2) is 4.18. The lowest BCUT2D eigenvalue weighted by atomic mass is 10.2. The zero-order chi connectivity index (χ0) is 11.8. The molecular formula is C13H18FN3. The average molecular weight is 235 g/mol. The second-order valence-electron chi connectivity index (χ2n) is 5.10. The molecule has 0 amide bonds. The molecule has 1 aliphatic carbocycles. The number of nitrogens with one attached hydrogen (secondary N) is 1. The summed E-state index contributed by atoms with van der Waals surface area (Å²) in [6.45, 7) is 2.17. The van der Waals surface area contributed by atoms with Crippen LogP contribution in [0.5, 0.6) is 0 Å². The first-order chi connectivity index (χ1) is 8.22. The molecule has 1 aromatic carbocycles. The Morgan fingerprint density at radius 2 is 2.12 bits per heavy atom. The third kappa shape index (κ3) is 2.36. The topological polar surface area (TPSA) is 41.3 Å².